The van der Waals surface area contributed by atoms with Gasteiger partial charge in [-0.15, -0.1) is 0 Å². The van der Waals surface area contributed by atoms with Gasteiger partial charge in [0.2, 0.25) is 5.96 Å². The van der Waals surface area contributed by atoms with E-state index in [1.165, 1.54) is 13.2 Å². The van der Waals surface area contributed by atoms with Crippen molar-refractivity contribution in [1.29, 1.82) is 5.41 Å². The van der Waals surface area contributed by atoms with Gasteiger partial charge in [-0.25, -0.2) is 23.5 Å². The first-order valence-corrected chi connectivity index (χ1v) is 11.4. The average molecular weight is 468 g/mol. The van der Waals surface area contributed by atoms with Crippen LogP contribution in [-0.4, -0.2) is 55.0 Å². The molecule has 0 aliphatic carbocycles. The lowest BCUT2D eigenvalue weighted by atomic mass is 9.93. The highest BCUT2D eigenvalue weighted by atomic mass is 32.2. The van der Waals surface area contributed by atoms with Crippen LogP contribution < -0.4 is 15.8 Å². The zero-order chi connectivity index (χ0) is 23.0. The van der Waals surface area contributed by atoms with Gasteiger partial charge in [0.15, 0.2) is 0 Å². The largest absolute Gasteiger partial charge is 0.370 e. The summed E-state index contributed by atoms with van der Waals surface area (Å²) < 4.78 is 60.2. The number of rotatable bonds is 4. The molecule has 13 heteroatoms. The van der Waals surface area contributed by atoms with Crippen molar-refractivity contribution in [2.75, 3.05) is 13.7 Å². The summed E-state index contributed by atoms with van der Waals surface area (Å²) in [7, 11) is -2.67. The first-order chi connectivity index (χ1) is 15.2. The molecule has 2 aromatic rings. The summed E-state index contributed by atoms with van der Waals surface area (Å²) in [4.78, 5) is 10.1. The fourth-order valence-electron chi connectivity index (χ4n) is 3.93. The van der Waals surface area contributed by atoms with Gasteiger partial charge in [-0.1, -0.05) is 0 Å². The van der Waals surface area contributed by atoms with Crippen molar-refractivity contribution < 1.29 is 21.9 Å². The maximum Gasteiger partial charge on any atom is 0.299 e. The van der Waals surface area contributed by atoms with E-state index in [9.17, 15) is 17.2 Å². The van der Waals surface area contributed by atoms with Gasteiger partial charge in [-0.3, -0.25) is 10.3 Å². The molecule has 0 saturated carbocycles. The van der Waals surface area contributed by atoms with Crippen molar-refractivity contribution in [2.24, 2.45) is 5.73 Å². The average Bonchev–Trinajstić information content (AvgIpc) is 3.18. The Labute approximate surface area is 183 Å². The lowest BCUT2D eigenvalue weighted by molar-refractivity contribution is -0.0532. The zero-order valence-corrected chi connectivity index (χ0v) is 18.0. The summed E-state index contributed by atoms with van der Waals surface area (Å²) in [5.41, 5.74) is 7.69. The van der Waals surface area contributed by atoms with Crippen LogP contribution in [0.25, 0.3) is 0 Å². The molecule has 1 aromatic carbocycles. The van der Waals surface area contributed by atoms with Crippen molar-refractivity contribution in [1.82, 2.24) is 24.9 Å². The molecule has 2 aliphatic rings. The molecule has 1 saturated heterocycles. The standard InChI is InChI=1S/C19H23F2N7O3S/c1-24-18(23)27-32(29,30)19-25-6-10-7-28(8-16(10)26-19)12-5-15(22)17(31-9-12)13-4-11(20)2-3-14(13)21/h2-4,6,12,15,17H,5,7-9,22H2,1H3,(H3,23,24,27)/t12-,15+,17?/m1/s1. The summed E-state index contributed by atoms with van der Waals surface area (Å²) >= 11 is 0. The zero-order valence-electron chi connectivity index (χ0n) is 17.2. The van der Waals surface area contributed by atoms with E-state index in [1.54, 1.807) is 0 Å². The lowest BCUT2D eigenvalue weighted by Gasteiger charge is -2.38. The second kappa shape index (κ2) is 8.65. The monoisotopic (exact) mass is 467 g/mol. The van der Waals surface area contributed by atoms with Crippen LogP contribution in [-0.2, 0) is 27.8 Å². The van der Waals surface area contributed by atoms with Gasteiger partial charge in [-0.05, 0) is 24.6 Å². The fraction of sp³-hybridized carbons (Fsp3) is 0.421. The topological polar surface area (TPSA) is 146 Å². The van der Waals surface area contributed by atoms with Gasteiger partial charge in [0.25, 0.3) is 15.2 Å². The number of sulfonamides is 1. The lowest BCUT2D eigenvalue weighted by Crippen LogP contribution is -2.47. The molecular weight excluding hydrogens is 444 g/mol. The number of nitrogens with two attached hydrogens (primary N) is 1. The third kappa shape index (κ3) is 4.41. The Kier molecular flexibility index (Phi) is 6.07. The van der Waals surface area contributed by atoms with E-state index in [1.807, 2.05) is 9.62 Å². The maximum absolute atomic E-state index is 14.1. The molecule has 5 N–H and O–H groups in total. The van der Waals surface area contributed by atoms with Gasteiger partial charge in [0.05, 0.1) is 12.3 Å². The summed E-state index contributed by atoms with van der Waals surface area (Å²) in [5, 5.41) is 9.41. The van der Waals surface area contributed by atoms with Crippen molar-refractivity contribution in [2.45, 2.75) is 42.9 Å². The molecule has 1 fully saturated rings. The normalized spacial score (nSPS) is 23.6. The molecule has 0 amide bonds. The maximum atomic E-state index is 14.1. The highest BCUT2D eigenvalue weighted by Gasteiger charge is 2.37. The predicted octanol–water partition coefficient (Wildman–Crippen LogP) is 0.360. The Morgan fingerprint density at radius 2 is 2.12 bits per heavy atom. The van der Waals surface area contributed by atoms with E-state index in [0.29, 0.717) is 25.2 Å². The number of aromatic nitrogens is 2. The molecule has 3 heterocycles. The number of hydrogen-bond acceptors (Lipinski definition) is 8. The van der Waals surface area contributed by atoms with Gasteiger partial charge in [0.1, 0.15) is 17.7 Å². The Hall–Kier alpha value is -2.74. The molecular formula is C19H23F2N7O3S. The minimum Gasteiger partial charge on any atom is -0.370 e. The molecule has 32 heavy (non-hydrogen) atoms. The van der Waals surface area contributed by atoms with Gasteiger partial charge < -0.3 is 15.8 Å². The van der Waals surface area contributed by atoms with Crippen molar-refractivity contribution in [3.05, 3.63) is 52.9 Å². The molecule has 2 aliphatic heterocycles. The molecule has 10 nitrogen and oxygen atoms in total. The highest BCUT2D eigenvalue weighted by molar-refractivity contribution is 7.89. The Balaban J connectivity index is 1.45. The van der Waals surface area contributed by atoms with Crippen LogP contribution in [0.4, 0.5) is 8.78 Å². The van der Waals surface area contributed by atoms with Crippen LogP contribution in [0.1, 0.15) is 29.3 Å². The number of guanidine groups is 1. The van der Waals surface area contributed by atoms with Gasteiger partial charge in [0, 0.05) is 49.5 Å². The quantitative estimate of drug-likeness (QED) is 0.286. The second-order valence-electron chi connectivity index (χ2n) is 7.73. The molecule has 1 unspecified atom stereocenters. The minimum atomic E-state index is -4.08. The van der Waals surface area contributed by atoms with E-state index < -0.39 is 44.9 Å². The number of hydrogen-bond donors (Lipinski definition) is 4. The Morgan fingerprint density at radius 1 is 1.34 bits per heavy atom. The van der Waals surface area contributed by atoms with Crippen LogP contribution in [0.15, 0.2) is 29.6 Å². The van der Waals surface area contributed by atoms with Crippen molar-refractivity contribution in [3.8, 4) is 0 Å². The van der Waals surface area contributed by atoms with E-state index in [0.717, 1.165) is 23.8 Å². The van der Waals surface area contributed by atoms with E-state index >= 15 is 0 Å². The van der Waals surface area contributed by atoms with Crippen LogP contribution in [0.3, 0.4) is 0 Å². The minimum absolute atomic E-state index is 0.0982. The Morgan fingerprint density at radius 3 is 2.84 bits per heavy atom. The fourth-order valence-corrected chi connectivity index (χ4v) is 4.81. The molecule has 4 rings (SSSR count). The third-order valence-corrected chi connectivity index (χ3v) is 6.72. The van der Waals surface area contributed by atoms with E-state index in [4.69, 9.17) is 15.9 Å². The summed E-state index contributed by atoms with van der Waals surface area (Å²) in [6.45, 7) is 1.10. The predicted molar refractivity (Wildman–Crippen MR) is 110 cm³/mol. The smallest absolute Gasteiger partial charge is 0.299 e. The summed E-state index contributed by atoms with van der Waals surface area (Å²) in [6.07, 6.45) is 1.18. The summed E-state index contributed by atoms with van der Waals surface area (Å²) in [6, 6.07) is 2.55. The number of ether oxygens (including phenoxy) is 1. The molecule has 172 valence electrons. The number of benzene rings is 1. The number of fused-ring (bicyclic) bond motifs is 1. The number of nitrogens with one attached hydrogen (secondary N) is 3. The molecule has 0 radical (unpaired) electrons. The number of halogens is 2. The van der Waals surface area contributed by atoms with Gasteiger partial charge >= 0.3 is 0 Å². The first-order valence-electron chi connectivity index (χ1n) is 9.88. The summed E-state index contributed by atoms with van der Waals surface area (Å²) in [5.74, 6) is -1.52. The second-order valence-corrected chi connectivity index (χ2v) is 9.31. The molecule has 0 bridgehead atoms. The van der Waals surface area contributed by atoms with Crippen LogP contribution in [0.5, 0.6) is 0 Å². The highest BCUT2D eigenvalue weighted by Crippen LogP contribution is 2.33. The van der Waals surface area contributed by atoms with Crippen LogP contribution in [0.2, 0.25) is 0 Å². The van der Waals surface area contributed by atoms with Crippen LogP contribution >= 0.6 is 0 Å². The van der Waals surface area contributed by atoms with Crippen LogP contribution in [0, 0.1) is 17.0 Å². The van der Waals surface area contributed by atoms with Crippen molar-refractivity contribution >= 4 is 16.0 Å². The molecule has 3 atom stereocenters. The Bertz CT molecular complexity index is 1150. The third-order valence-electron chi connectivity index (χ3n) is 5.57. The SMILES string of the molecule is CNC(=N)NS(=O)(=O)c1ncc2c(n1)CN([C@H]1COC(c3cc(F)ccc3F)[C@@H](N)C1)C2. The first kappa shape index (κ1) is 22.5. The molecule has 1 aromatic heterocycles. The molecule has 0 spiro atoms. The van der Waals surface area contributed by atoms with E-state index in [-0.39, 0.29) is 18.2 Å². The van der Waals surface area contributed by atoms with Crippen molar-refractivity contribution in [3.63, 3.8) is 0 Å². The van der Waals surface area contributed by atoms with E-state index in [2.05, 4.69) is 15.3 Å². The van der Waals surface area contributed by atoms with Gasteiger partial charge in [-0.2, -0.15) is 8.42 Å². The number of nitrogens with zero attached hydrogens (tertiary/aromatic N) is 3.